The second kappa shape index (κ2) is 11.0. The van der Waals surface area contributed by atoms with Gasteiger partial charge in [-0.3, -0.25) is 0 Å². The number of hydrogen-bond acceptors (Lipinski definition) is 2. The minimum absolute atomic E-state index is 0.233. The molecule has 2 heteroatoms. The molecule has 0 aliphatic heterocycles. The fraction of sp³-hybridized carbons (Fsp3) is 0.707. The minimum Gasteiger partial charge on any atom is -0.330 e. The minimum atomic E-state index is 0.233. The highest BCUT2D eigenvalue weighted by molar-refractivity contribution is 5.52. The van der Waals surface area contributed by atoms with E-state index in [-0.39, 0.29) is 21.7 Å². The van der Waals surface area contributed by atoms with E-state index in [9.17, 15) is 0 Å². The molecule has 4 aliphatic carbocycles. The lowest BCUT2D eigenvalue weighted by Crippen LogP contribution is -2.52. The Labute approximate surface area is 264 Å². The van der Waals surface area contributed by atoms with Gasteiger partial charge in [0.15, 0.2) is 0 Å². The molecule has 43 heavy (non-hydrogen) atoms. The molecule has 2 saturated carbocycles. The largest absolute Gasteiger partial charge is 0.330 e. The van der Waals surface area contributed by atoms with Crippen molar-refractivity contribution >= 4 is 0 Å². The number of benzene rings is 2. The first-order chi connectivity index (χ1) is 20.3. The molecule has 2 fully saturated rings. The van der Waals surface area contributed by atoms with Crippen molar-refractivity contribution in [2.45, 2.75) is 149 Å². The summed E-state index contributed by atoms with van der Waals surface area (Å²) in [4.78, 5) is 0. The van der Waals surface area contributed by atoms with Gasteiger partial charge in [-0.05, 0) is 161 Å². The van der Waals surface area contributed by atoms with E-state index in [2.05, 4.69) is 79.7 Å². The van der Waals surface area contributed by atoms with Crippen LogP contribution in [-0.2, 0) is 30.1 Å². The van der Waals surface area contributed by atoms with E-state index in [1.54, 1.807) is 44.5 Å². The van der Waals surface area contributed by atoms with Gasteiger partial charge in [-0.2, -0.15) is 0 Å². The van der Waals surface area contributed by atoms with Crippen LogP contribution in [0.3, 0.4) is 0 Å². The third kappa shape index (κ3) is 4.88. The lowest BCUT2D eigenvalue weighted by atomic mass is 9.49. The molecule has 0 spiro atoms. The predicted molar refractivity (Wildman–Crippen MR) is 184 cm³/mol. The molecular weight excluding hydrogens is 520 g/mol. The molecule has 6 rings (SSSR count). The van der Waals surface area contributed by atoms with Gasteiger partial charge in [0.05, 0.1) is 0 Å². The van der Waals surface area contributed by atoms with E-state index < -0.39 is 0 Å². The summed E-state index contributed by atoms with van der Waals surface area (Å²) in [6.45, 7) is 21.4. The maximum Gasteiger partial charge on any atom is -0.00199 e. The first kappa shape index (κ1) is 31.3. The number of fused-ring (bicyclic) bond motifs is 6. The Balaban J connectivity index is 1.47. The standard InChI is InChI=1S/C41H62N2/c1-26(2)32-20-28-11-13-36-38(5,24-42)15-9-17-40(36,7)34(28)22-30(32)19-31-23-35-29(21-33(31)27(3)4)12-14-37-39(6,25-43)16-10-18-41(35,37)8/h20-23,26-27,36-37H,9-19,24-25,42-43H2,1-8H3. The van der Waals surface area contributed by atoms with Gasteiger partial charge in [-0.1, -0.05) is 92.5 Å². The summed E-state index contributed by atoms with van der Waals surface area (Å²) in [7, 11) is 0. The Kier molecular flexibility index (Phi) is 8.03. The van der Waals surface area contributed by atoms with Crippen molar-refractivity contribution in [2.24, 2.45) is 34.1 Å². The molecule has 0 heterocycles. The van der Waals surface area contributed by atoms with Crippen LogP contribution < -0.4 is 11.5 Å². The predicted octanol–water partition coefficient (Wildman–Crippen LogP) is 9.46. The lowest BCUT2D eigenvalue weighted by molar-refractivity contribution is 0.0326. The fourth-order valence-electron chi connectivity index (χ4n) is 11.5. The average Bonchev–Trinajstić information content (AvgIpc) is 2.96. The van der Waals surface area contributed by atoms with Gasteiger partial charge in [-0.25, -0.2) is 0 Å². The maximum atomic E-state index is 6.50. The quantitative estimate of drug-likeness (QED) is 0.356. The highest BCUT2D eigenvalue weighted by atomic mass is 14.7. The van der Waals surface area contributed by atoms with Crippen LogP contribution in [0.4, 0.5) is 0 Å². The fourth-order valence-corrected chi connectivity index (χ4v) is 11.5. The lowest BCUT2D eigenvalue weighted by Gasteiger charge is -2.55. The second-order valence-electron chi connectivity index (χ2n) is 17.3. The van der Waals surface area contributed by atoms with Crippen LogP contribution in [0.1, 0.15) is 163 Å². The summed E-state index contributed by atoms with van der Waals surface area (Å²) in [6.07, 6.45) is 13.8. The van der Waals surface area contributed by atoms with Crippen molar-refractivity contribution < 1.29 is 0 Å². The molecule has 4 aliphatic rings. The van der Waals surface area contributed by atoms with Crippen molar-refractivity contribution in [3.63, 3.8) is 0 Å². The second-order valence-corrected chi connectivity index (χ2v) is 17.3. The van der Waals surface area contributed by atoms with Gasteiger partial charge in [-0.15, -0.1) is 0 Å². The smallest absolute Gasteiger partial charge is 0.00199 e. The topological polar surface area (TPSA) is 52.0 Å². The Morgan fingerprint density at radius 3 is 1.37 bits per heavy atom. The Morgan fingerprint density at radius 2 is 1.02 bits per heavy atom. The molecule has 2 aromatic rings. The van der Waals surface area contributed by atoms with E-state index in [1.807, 2.05) is 0 Å². The molecule has 4 N–H and O–H groups in total. The molecule has 0 bridgehead atoms. The molecule has 6 unspecified atom stereocenters. The van der Waals surface area contributed by atoms with Gasteiger partial charge in [0.2, 0.25) is 0 Å². The summed E-state index contributed by atoms with van der Waals surface area (Å²) in [5, 5.41) is 0. The summed E-state index contributed by atoms with van der Waals surface area (Å²) < 4.78 is 0. The zero-order valence-corrected chi connectivity index (χ0v) is 29.0. The molecule has 0 radical (unpaired) electrons. The van der Waals surface area contributed by atoms with E-state index in [0.717, 1.165) is 19.5 Å². The number of nitrogens with two attached hydrogens (primary N) is 2. The molecule has 0 saturated heterocycles. The monoisotopic (exact) mass is 582 g/mol. The normalized spacial score (nSPS) is 35.3. The Morgan fingerprint density at radius 1 is 0.628 bits per heavy atom. The zero-order chi connectivity index (χ0) is 30.9. The molecule has 6 atom stereocenters. The van der Waals surface area contributed by atoms with Crippen LogP contribution in [0.5, 0.6) is 0 Å². The van der Waals surface area contributed by atoms with Crippen LogP contribution in [0, 0.1) is 22.7 Å². The summed E-state index contributed by atoms with van der Waals surface area (Å²) in [5.41, 5.74) is 26.8. The van der Waals surface area contributed by atoms with Crippen LogP contribution in [-0.4, -0.2) is 13.1 Å². The maximum absolute atomic E-state index is 6.50. The van der Waals surface area contributed by atoms with E-state index in [4.69, 9.17) is 11.5 Å². The first-order valence-corrected chi connectivity index (χ1v) is 18.0. The van der Waals surface area contributed by atoms with Crippen molar-refractivity contribution in [2.75, 3.05) is 13.1 Å². The molecule has 0 aromatic heterocycles. The van der Waals surface area contributed by atoms with Gasteiger partial charge < -0.3 is 11.5 Å². The summed E-state index contributed by atoms with van der Waals surface area (Å²) in [5.74, 6) is 2.41. The van der Waals surface area contributed by atoms with E-state index in [0.29, 0.717) is 23.7 Å². The van der Waals surface area contributed by atoms with Gasteiger partial charge >= 0.3 is 0 Å². The van der Waals surface area contributed by atoms with E-state index >= 15 is 0 Å². The van der Waals surface area contributed by atoms with Crippen LogP contribution in [0.25, 0.3) is 0 Å². The number of aryl methyl sites for hydroxylation is 2. The first-order valence-electron chi connectivity index (χ1n) is 18.0. The van der Waals surface area contributed by atoms with Crippen LogP contribution >= 0.6 is 0 Å². The third-order valence-electron chi connectivity index (χ3n) is 14.0. The number of rotatable bonds is 6. The molecular formula is C41H62N2. The summed E-state index contributed by atoms with van der Waals surface area (Å²) in [6, 6.07) is 10.7. The molecule has 2 nitrogen and oxygen atoms in total. The average molecular weight is 583 g/mol. The molecule has 236 valence electrons. The summed E-state index contributed by atoms with van der Waals surface area (Å²) >= 11 is 0. The van der Waals surface area contributed by atoms with Crippen LogP contribution in [0.2, 0.25) is 0 Å². The third-order valence-corrected chi connectivity index (χ3v) is 14.0. The highest BCUT2D eigenvalue weighted by Gasteiger charge is 2.52. The molecule has 2 aromatic carbocycles. The zero-order valence-electron chi connectivity index (χ0n) is 29.0. The Hall–Kier alpha value is -1.64. The van der Waals surface area contributed by atoms with E-state index in [1.165, 1.54) is 64.2 Å². The number of hydrogen-bond donors (Lipinski definition) is 2. The van der Waals surface area contributed by atoms with Gasteiger partial charge in [0.25, 0.3) is 0 Å². The highest BCUT2D eigenvalue weighted by Crippen LogP contribution is 2.59. The molecule has 0 amide bonds. The Bertz CT molecular complexity index is 1270. The van der Waals surface area contributed by atoms with Crippen molar-refractivity contribution in [1.82, 2.24) is 0 Å². The van der Waals surface area contributed by atoms with Crippen molar-refractivity contribution in [3.8, 4) is 0 Å². The van der Waals surface area contributed by atoms with Crippen molar-refractivity contribution in [3.05, 3.63) is 68.8 Å². The van der Waals surface area contributed by atoms with Gasteiger partial charge in [0, 0.05) is 0 Å². The SMILES string of the molecule is CC(C)c1cc2c(cc1Cc1cc3c(cc1C(C)C)CCC1C(C)(CN)CCCC31C)C1(C)CCCC(C)(CN)C1CC2. The van der Waals surface area contributed by atoms with Crippen LogP contribution in [0.15, 0.2) is 24.3 Å². The van der Waals surface area contributed by atoms with Gasteiger partial charge in [0.1, 0.15) is 0 Å². The van der Waals surface area contributed by atoms with Crippen molar-refractivity contribution in [1.29, 1.82) is 0 Å².